The lowest BCUT2D eigenvalue weighted by Gasteiger charge is -2.35. The van der Waals surface area contributed by atoms with Crippen molar-refractivity contribution in [2.24, 2.45) is 0 Å². The Morgan fingerprint density at radius 2 is 2.29 bits per heavy atom. The van der Waals surface area contributed by atoms with Crippen molar-refractivity contribution in [3.05, 3.63) is 47.9 Å². The fraction of sp³-hybridized carbons (Fsp3) is 0.294. The minimum atomic E-state index is 0.146. The second kappa shape index (κ2) is 5.45. The summed E-state index contributed by atoms with van der Waals surface area (Å²) in [7, 11) is 0. The molecule has 1 saturated heterocycles. The Balaban J connectivity index is 2.11. The largest absolute Gasteiger partial charge is 0.492 e. The quantitative estimate of drug-likeness (QED) is 0.804. The number of hydrogen-bond acceptors (Lipinski definition) is 4. The summed E-state index contributed by atoms with van der Waals surface area (Å²) in [4.78, 5) is 6.66. The Morgan fingerprint density at radius 3 is 3.05 bits per heavy atom. The van der Waals surface area contributed by atoms with Crippen molar-refractivity contribution in [2.45, 2.75) is 20.0 Å². The molecule has 21 heavy (non-hydrogen) atoms. The third-order valence-corrected chi connectivity index (χ3v) is 3.71. The van der Waals surface area contributed by atoms with Crippen molar-refractivity contribution in [2.75, 3.05) is 18.0 Å². The molecule has 2 heterocycles. The number of anilines is 1. The van der Waals surface area contributed by atoms with E-state index in [0.717, 1.165) is 35.4 Å². The van der Waals surface area contributed by atoms with E-state index < -0.39 is 0 Å². The minimum absolute atomic E-state index is 0.146. The number of nitriles is 1. The molecule has 0 bridgehead atoms. The van der Waals surface area contributed by atoms with Crippen LogP contribution in [0.25, 0.3) is 10.9 Å². The Labute approximate surface area is 124 Å². The van der Waals surface area contributed by atoms with Crippen molar-refractivity contribution >= 4 is 16.6 Å². The van der Waals surface area contributed by atoms with Gasteiger partial charge in [-0.25, -0.2) is 0 Å². The summed E-state index contributed by atoms with van der Waals surface area (Å²) in [6, 6.07) is 10.00. The van der Waals surface area contributed by atoms with Crippen LogP contribution in [-0.2, 0) is 4.74 Å². The van der Waals surface area contributed by atoms with Crippen LogP contribution in [0.2, 0.25) is 0 Å². The summed E-state index contributed by atoms with van der Waals surface area (Å²) in [5.74, 6) is 0.982. The highest BCUT2D eigenvalue weighted by molar-refractivity contribution is 5.95. The average molecular weight is 279 g/mol. The van der Waals surface area contributed by atoms with E-state index in [1.54, 1.807) is 6.20 Å². The lowest BCUT2D eigenvalue weighted by molar-refractivity contribution is 0.112. The summed E-state index contributed by atoms with van der Waals surface area (Å²) < 4.78 is 5.80. The van der Waals surface area contributed by atoms with Crippen LogP contribution in [0.15, 0.2) is 42.3 Å². The molecule has 4 heteroatoms. The molecule has 1 aliphatic rings. The van der Waals surface area contributed by atoms with E-state index >= 15 is 0 Å². The zero-order valence-electron chi connectivity index (χ0n) is 12.2. The normalized spacial score (nSPS) is 20.3. The summed E-state index contributed by atoms with van der Waals surface area (Å²) in [6.07, 6.45) is 3.88. The molecule has 106 valence electrons. The van der Waals surface area contributed by atoms with Crippen LogP contribution < -0.4 is 4.90 Å². The van der Waals surface area contributed by atoms with Crippen LogP contribution >= 0.6 is 0 Å². The molecule has 0 radical (unpaired) electrons. The van der Waals surface area contributed by atoms with Gasteiger partial charge in [-0.05, 0) is 44.2 Å². The number of ether oxygens (including phenoxy) is 1. The van der Waals surface area contributed by atoms with Crippen molar-refractivity contribution in [1.82, 2.24) is 4.98 Å². The van der Waals surface area contributed by atoms with E-state index in [4.69, 9.17) is 4.74 Å². The number of aromatic nitrogens is 1. The number of morpholine rings is 1. The van der Waals surface area contributed by atoms with Crippen LogP contribution in [0.1, 0.15) is 19.4 Å². The lowest BCUT2D eigenvalue weighted by atomic mass is 10.1. The monoisotopic (exact) mass is 279 g/mol. The Morgan fingerprint density at radius 1 is 1.43 bits per heavy atom. The SMILES string of the molecule is C/C=C1\CN(c2ccc(C#N)c3ncccc23)CC(C)O1. The summed E-state index contributed by atoms with van der Waals surface area (Å²) in [5, 5.41) is 10.2. The molecular formula is C17H17N3O. The van der Waals surface area contributed by atoms with E-state index in [9.17, 15) is 5.26 Å². The van der Waals surface area contributed by atoms with Gasteiger partial charge in [0.25, 0.3) is 0 Å². The predicted molar refractivity (Wildman–Crippen MR) is 83.0 cm³/mol. The Kier molecular flexibility index (Phi) is 3.49. The fourth-order valence-corrected chi connectivity index (χ4v) is 2.76. The fourth-order valence-electron chi connectivity index (χ4n) is 2.76. The smallest absolute Gasteiger partial charge is 0.113 e. The first-order valence-corrected chi connectivity index (χ1v) is 7.07. The molecule has 1 aliphatic heterocycles. The first-order chi connectivity index (χ1) is 10.2. The average Bonchev–Trinajstić information content (AvgIpc) is 2.53. The predicted octanol–water partition coefficient (Wildman–Crippen LogP) is 3.24. The molecule has 1 fully saturated rings. The van der Waals surface area contributed by atoms with E-state index in [1.165, 1.54) is 0 Å². The van der Waals surface area contributed by atoms with Crippen molar-refractivity contribution in [1.29, 1.82) is 5.26 Å². The second-order valence-electron chi connectivity index (χ2n) is 5.21. The van der Waals surface area contributed by atoms with Crippen LogP contribution in [0.4, 0.5) is 5.69 Å². The van der Waals surface area contributed by atoms with Gasteiger partial charge >= 0.3 is 0 Å². The summed E-state index contributed by atoms with van der Waals surface area (Å²) >= 11 is 0. The molecule has 0 amide bonds. The molecule has 0 saturated carbocycles. The van der Waals surface area contributed by atoms with Crippen molar-refractivity contribution < 1.29 is 4.74 Å². The van der Waals surface area contributed by atoms with E-state index in [2.05, 4.69) is 22.9 Å². The number of benzene rings is 1. The molecule has 0 N–H and O–H groups in total. The molecule has 2 aromatic rings. The van der Waals surface area contributed by atoms with Gasteiger partial charge in [-0.2, -0.15) is 5.26 Å². The Hall–Kier alpha value is -2.54. The summed E-state index contributed by atoms with van der Waals surface area (Å²) in [5.41, 5.74) is 2.48. The minimum Gasteiger partial charge on any atom is -0.492 e. The third kappa shape index (κ3) is 2.43. The highest BCUT2D eigenvalue weighted by Gasteiger charge is 2.22. The van der Waals surface area contributed by atoms with E-state index in [-0.39, 0.29) is 6.10 Å². The van der Waals surface area contributed by atoms with Crippen LogP contribution in [-0.4, -0.2) is 24.2 Å². The molecule has 1 aromatic heterocycles. The molecule has 4 nitrogen and oxygen atoms in total. The van der Waals surface area contributed by atoms with Gasteiger partial charge in [-0.15, -0.1) is 0 Å². The molecule has 0 spiro atoms. The number of allylic oxidation sites excluding steroid dienone is 1. The zero-order valence-corrected chi connectivity index (χ0v) is 12.2. The highest BCUT2D eigenvalue weighted by Crippen LogP contribution is 2.30. The number of hydrogen-bond donors (Lipinski definition) is 0. The van der Waals surface area contributed by atoms with Gasteiger partial charge in [0.15, 0.2) is 0 Å². The van der Waals surface area contributed by atoms with Gasteiger partial charge < -0.3 is 9.64 Å². The van der Waals surface area contributed by atoms with Crippen LogP contribution in [0, 0.1) is 11.3 Å². The number of nitrogens with zero attached hydrogens (tertiary/aromatic N) is 3. The van der Waals surface area contributed by atoms with Gasteiger partial charge in [0, 0.05) is 17.3 Å². The standard InChI is InChI=1S/C17H17N3O/c1-3-14-11-20(10-12(2)21-14)16-7-6-13(9-18)17-15(16)5-4-8-19-17/h3-8,12H,10-11H2,1-2H3/b14-3+. The highest BCUT2D eigenvalue weighted by atomic mass is 16.5. The zero-order chi connectivity index (χ0) is 14.8. The van der Waals surface area contributed by atoms with Gasteiger partial charge in [0.05, 0.1) is 24.2 Å². The molecule has 1 unspecified atom stereocenters. The molecule has 3 rings (SSSR count). The van der Waals surface area contributed by atoms with Crippen molar-refractivity contribution in [3.8, 4) is 6.07 Å². The first-order valence-electron chi connectivity index (χ1n) is 7.07. The number of pyridine rings is 1. The maximum Gasteiger partial charge on any atom is 0.113 e. The molecule has 1 atom stereocenters. The number of rotatable bonds is 1. The van der Waals surface area contributed by atoms with E-state index in [1.807, 2.05) is 37.3 Å². The van der Waals surface area contributed by atoms with Gasteiger partial charge in [-0.3, -0.25) is 4.98 Å². The van der Waals surface area contributed by atoms with E-state index in [0.29, 0.717) is 5.56 Å². The first kappa shape index (κ1) is 13.4. The Bertz CT molecular complexity index is 745. The topological polar surface area (TPSA) is 49.2 Å². The lowest BCUT2D eigenvalue weighted by Crippen LogP contribution is -2.40. The summed E-state index contributed by atoms with van der Waals surface area (Å²) in [6.45, 7) is 5.63. The van der Waals surface area contributed by atoms with Gasteiger partial charge in [0.2, 0.25) is 0 Å². The molecule has 1 aromatic carbocycles. The second-order valence-corrected chi connectivity index (χ2v) is 5.21. The van der Waals surface area contributed by atoms with Crippen molar-refractivity contribution in [3.63, 3.8) is 0 Å². The number of fused-ring (bicyclic) bond motifs is 1. The third-order valence-electron chi connectivity index (χ3n) is 3.71. The van der Waals surface area contributed by atoms with Crippen LogP contribution in [0.3, 0.4) is 0 Å². The van der Waals surface area contributed by atoms with Gasteiger partial charge in [-0.1, -0.05) is 0 Å². The molecular weight excluding hydrogens is 262 g/mol. The van der Waals surface area contributed by atoms with Crippen LogP contribution in [0.5, 0.6) is 0 Å². The maximum atomic E-state index is 9.23. The molecule has 0 aliphatic carbocycles. The van der Waals surface area contributed by atoms with Gasteiger partial charge in [0.1, 0.15) is 17.9 Å². The maximum absolute atomic E-state index is 9.23.